The molecule has 0 aliphatic rings. The summed E-state index contributed by atoms with van der Waals surface area (Å²) < 4.78 is 0. The number of hydrogen-bond donors (Lipinski definition) is 0. The third-order valence-corrected chi connectivity index (χ3v) is 0.678. The van der Waals surface area contributed by atoms with Gasteiger partial charge in [-0.05, 0) is 0 Å². The second-order valence-electron chi connectivity index (χ2n) is 1.20. The van der Waals surface area contributed by atoms with Crippen molar-refractivity contribution < 1.29 is 5.48 Å². The van der Waals surface area contributed by atoms with Crippen LogP contribution >= 0.6 is 0 Å². The van der Waals surface area contributed by atoms with Gasteiger partial charge in [0.2, 0.25) is 0 Å². The van der Waals surface area contributed by atoms with Crippen LogP contribution in [0.1, 0.15) is 5.69 Å². The first kappa shape index (κ1) is 7.53. The summed E-state index contributed by atoms with van der Waals surface area (Å²) in [4.78, 5) is 7.34. The van der Waals surface area contributed by atoms with Gasteiger partial charge in [-0.25, -0.2) is 4.98 Å². The molecule has 0 aliphatic carbocycles. The van der Waals surface area contributed by atoms with E-state index in [1.165, 1.54) is 18.6 Å². The van der Waals surface area contributed by atoms with Gasteiger partial charge >= 0.3 is 0 Å². The number of aromatic nitrogens is 2. The molecule has 1 rings (SSSR count). The van der Waals surface area contributed by atoms with Gasteiger partial charge in [0.05, 0.1) is 6.20 Å². The van der Waals surface area contributed by atoms with E-state index in [0.717, 1.165) is 0 Å². The molecule has 4 nitrogen and oxygen atoms in total. The van der Waals surface area contributed by atoms with Crippen LogP contribution in [0.5, 0.6) is 0 Å². The molecule has 0 saturated carbocycles. The number of nitrogens with zero attached hydrogens (tertiary/aromatic N) is 3. The van der Waals surface area contributed by atoms with Crippen LogP contribution < -0.4 is 0 Å². The van der Waals surface area contributed by atoms with Crippen LogP contribution in [-0.4, -0.2) is 15.4 Å². The van der Waals surface area contributed by atoms with Crippen molar-refractivity contribution in [3.63, 3.8) is 0 Å². The molecule has 4 heteroatoms. The van der Waals surface area contributed by atoms with Crippen molar-refractivity contribution in [3.05, 3.63) is 24.3 Å². The highest BCUT2D eigenvalue weighted by atomic mass is 16.0. The lowest BCUT2D eigenvalue weighted by Crippen LogP contribution is -1.79. The second kappa shape index (κ2) is 3.52. The van der Waals surface area contributed by atoms with Crippen molar-refractivity contribution in [1.82, 2.24) is 9.97 Å². The van der Waals surface area contributed by atoms with Crippen LogP contribution in [0.4, 0.5) is 0 Å². The lowest BCUT2D eigenvalue weighted by Gasteiger charge is -1.79. The summed E-state index contributed by atoms with van der Waals surface area (Å²) in [5.74, 6) is 0. The third-order valence-electron chi connectivity index (χ3n) is 0.678. The summed E-state index contributed by atoms with van der Waals surface area (Å²) >= 11 is 0. The van der Waals surface area contributed by atoms with E-state index in [1.54, 1.807) is 0 Å². The zero-order valence-electron chi connectivity index (χ0n) is 4.57. The molecule has 9 heavy (non-hydrogen) atoms. The molecule has 1 heterocycles. The molecule has 0 aromatic carbocycles. The Bertz CT molecular complexity index is 203. The van der Waals surface area contributed by atoms with Crippen molar-refractivity contribution >= 4 is 0 Å². The molecule has 0 amide bonds. The predicted octanol–water partition coefficient (Wildman–Crippen LogP) is -0.476. The average Bonchev–Trinajstić information content (AvgIpc) is 1.90. The molecular weight excluding hydrogens is 118 g/mol. The van der Waals surface area contributed by atoms with Crippen molar-refractivity contribution in [2.75, 3.05) is 0 Å². The molecule has 46 valence electrons. The Morgan fingerprint density at radius 3 is 2.56 bits per heavy atom. The maximum absolute atomic E-state index is 8.19. The van der Waals surface area contributed by atoms with Crippen molar-refractivity contribution in [2.45, 2.75) is 0 Å². The molecular formula is C5H5N3O. The summed E-state index contributed by atoms with van der Waals surface area (Å²) in [6, 6.07) is 1.85. The quantitative estimate of drug-likeness (QED) is 0.467. The lowest BCUT2D eigenvalue weighted by atomic mass is 10.5. The fourth-order valence-electron chi connectivity index (χ4n) is 0.357. The molecule has 0 aliphatic heterocycles. The summed E-state index contributed by atoms with van der Waals surface area (Å²) in [6.45, 7) is 0. The van der Waals surface area contributed by atoms with E-state index < -0.39 is 0 Å². The van der Waals surface area contributed by atoms with Crippen molar-refractivity contribution in [1.29, 1.82) is 5.26 Å². The standard InChI is InChI=1S/C5H3N3.H2O/c6-3-5-4-7-1-2-8-5;/h1-2,4H;1H2. The monoisotopic (exact) mass is 123 g/mol. The van der Waals surface area contributed by atoms with E-state index >= 15 is 0 Å². The molecule has 0 radical (unpaired) electrons. The van der Waals surface area contributed by atoms with Crippen molar-refractivity contribution in [3.8, 4) is 6.07 Å². The van der Waals surface area contributed by atoms with Gasteiger partial charge < -0.3 is 5.48 Å². The van der Waals surface area contributed by atoms with E-state index in [0.29, 0.717) is 5.69 Å². The molecule has 1 aromatic rings. The third kappa shape index (κ3) is 1.84. The molecule has 0 atom stereocenters. The Hall–Kier alpha value is -1.47. The molecule has 0 unspecified atom stereocenters. The zero-order valence-corrected chi connectivity index (χ0v) is 4.57. The van der Waals surface area contributed by atoms with Gasteiger partial charge in [-0.1, -0.05) is 0 Å². The fraction of sp³-hybridized carbons (Fsp3) is 0. The molecule has 1 aromatic heterocycles. The molecule has 0 saturated heterocycles. The largest absolute Gasteiger partial charge is 0.412 e. The Morgan fingerprint density at radius 2 is 2.22 bits per heavy atom. The van der Waals surface area contributed by atoms with E-state index in [-0.39, 0.29) is 5.48 Å². The highest BCUT2D eigenvalue weighted by molar-refractivity contribution is 5.13. The van der Waals surface area contributed by atoms with Crippen molar-refractivity contribution in [2.24, 2.45) is 0 Å². The Kier molecular flexibility index (Phi) is 2.95. The van der Waals surface area contributed by atoms with E-state index in [9.17, 15) is 0 Å². The van der Waals surface area contributed by atoms with Crippen LogP contribution in [-0.2, 0) is 0 Å². The highest BCUT2D eigenvalue weighted by Crippen LogP contribution is 1.82. The number of hydrogen-bond acceptors (Lipinski definition) is 3. The number of nitriles is 1. The Labute approximate surface area is 52.1 Å². The number of rotatable bonds is 0. The van der Waals surface area contributed by atoms with Crippen LogP contribution in [0.25, 0.3) is 0 Å². The van der Waals surface area contributed by atoms with Gasteiger partial charge in [0.15, 0.2) is 5.69 Å². The second-order valence-corrected chi connectivity index (χ2v) is 1.20. The minimum Gasteiger partial charge on any atom is -0.412 e. The van der Waals surface area contributed by atoms with Gasteiger partial charge in [0.25, 0.3) is 0 Å². The maximum Gasteiger partial charge on any atom is 0.158 e. The summed E-state index contributed by atoms with van der Waals surface area (Å²) in [7, 11) is 0. The molecule has 0 bridgehead atoms. The fourth-order valence-corrected chi connectivity index (χ4v) is 0.357. The first-order valence-corrected chi connectivity index (χ1v) is 2.09. The van der Waals surface area contributed by atoms with Gasteiger partial charge in [0, 0.05) is 12.4 Å². The van der Waals surface area contributed by atoms with Crippen LogP contribution in [0.2, 0.25) is 0 Å². The average molecular weight is 123 g/mol. The Balaban J connectivity index is 0.000000640. The first-order chi connectivity index (χ1) is 3.93. The van der Waals surface area contributed by atoms with E-state index in [4.69, 9.17) is 5.26 Å². The van der Waals surface area contributed by atoms with Gasteiger partial charge in [-0.15, -0.1) is 0 Å². The van der Waals surface area contributed by atoms with Gasteiger partial charge in [-0.2, -0.15) is 5.26 Å². The molecule has 2 N–H and O–H groups in total. The summed E-state index contributed by atoms with van der Waals surface area (Å²) in [6.07, 6.45) is 4.43. The van der Waals surface area contributed by atoms with E-state index in [1.807, 2.05) is 6.07 Å². The topological polar surface area (TPSA) is 81.1 Å². The SMILES string of the molecule is N#Cc1cnccn1.O. The van der Waals surface area contributed by atoms with Crippen LogP contribution in [0, 0.1) is 11.3 Å². The first-order valence-electron chi connectivity index (χ1n) is 2.09. The minimum absolute atomic E-state index is 0. The van der Waals surface area contributed by atoms with Gasteiger partial charge in [0.1, 0.15) is 6.07 Å². The van der Waals surface area contributed by atoms with Crippen LogP contribution in [0.3, 0.4) is 0 Å². The lowest BCUT2D eigenvalue weighted by molar-refractivity contribution is 0.824. The maximum atomic E-state index is 8.19. The predicted molar refractivity (Wildman–Crippen MR) is 30.4 cm³/mol. The summed E-state index contributed by atoms with van der Waals surface area (Å²) in [5, 5.41) is 8.19. The van der Waals surface area contributed by atoms with Crippen LogP contribution in [0.15, 0.2) is 18.6 Å². The normalized spacial score (nSPS) is 7.00. The van der Waals surface area contributed by atoms with Gasteiger partial charge in [-0.3, -0.25) is 4.98 Å². The Morgan fingerprint density at radius 1 is 1.44 bits per heavy atom. The van der Waals surface area contributed by atoms with E-state index in [2.05, 4.69) is 9.97 Å². The molecule has 0 fully saturated rings. The zero-order chi connectivity index (χ0) is 5.82. The smallest absolute Gasteiger partial charge is 0.158 e. The summed E-state index contributed by atoms with van der Waals surface area (Å²) in [5.41, 5.74) is 0.354. The molecule has 0 spiro atoms. The highest BCUT2D eigenvalue weighted by Gasteiger charge is 1.82. The minimum atomic E-state index is 0.